The number of sulfonamides is 1. The third-order valence-electron chi connectivity index (χ3n) is 4.23. The normalized spacial score (nSPS) is 17.2. The molecule has 5 nitrogen and oxygen atoms in total. The molecule has 0 bridgehead atoms. The Morgan fingerprint density at radius 2 is 1.96 bits per heavy atom. The summed E-state index contributed by atoms with van der Waals surface area (Å²) in [5.41, 5.74) is 1.08. The fourth-order valence-corrected chi connectivity index (χ4v) is 4.67. The van der Waals surface area contributed by atoms with Crippen molar-refractivity contribution in [2.45, 2.75) is 57.4 Å². The first-order chi connectivity index (χ1) is 10.9. The van der Waals surface area contributed by atoms with Crippen LogP contribution in [0.2, 0.25) is 0 Å². The van der Waals surface area contributed by atoms with Gasteiger partial charge >= 0.3 is 0 Å². The third kappa shape index (κ3) is 4.12. The molecule has 0 aliphatic carbocycles. The lowest BCUT2D eigenvalue weighted by atomic mass is 10.1. The van der Waals surface area contributed by atoms with Gasteiger partial charge in [0.15, 0.2) is 0 Å². The molecular formula is C17H26N2O3S. The zero-order valence-electron chi connectivity index (χ0n) is 14.1. The number of rotatable bonds is 6. The maximum Gasteiger partial charge on any atom is 0.251 e. The van der Waals surface area contributed by atoms with Crippen LogP contribution in [0.4, 0.5) is 0 Å². The molecule has 1 heterocycles. The molecule has 1 saturated heterocycles. The summed E-state index contributed by atoms with van der Waals surface area (Å²) in [4.78, 5) is 12.6. The summed E-state index contributed by atoms with van der Waals surface area (Å²) in [6, 6.07) is 4.98. The molecule has 1 fully saturated rings. The summed E-state index contributed by atoms with van der Waals surface area (Å²) in [5.74, 6) is -0.219. The molecule has 1 aliphatic rings. The number of carbonyl (C=O) groups is 1. The molecule has 1 amide bonds. The van der Waals surface area contributed by atoms with Gasteiger partial charge in [-0.15, -0.1) is 0 Å². The van der Waals surface area contributed by atoms with Crippen molar-refractivity contribution in [2.75, 3.05) is 13.1 Å². The molecule has 1 N–H and O–H groups in total. The van der Waals surface area contributed by atoms with E-state index in [1.807, 2.05) is 6.92 Å². The van der Waals surface area contributed by atoms with Crippen LogP contribution in [0.1, 0.15) is 55.5 Å². The lowest BCUT2D eigenvalue weighted by Gasteiger charge is -2.18. The van der Waals surface area contributed by atoms with Gasteiger partial charge in [-0.2, -0.15) is 4.31 Å². The minimum absolute atomic E-state index is 0.0763. The molecule has 0 unspecified atom stereocenters. The molecular weight excluding hydrogens is 312 g/mol. The summed E-state index contributed by atoms with van der Waals surface area (Å²) < 4.78 is 27.0. The van der Waals surface area contributed by atoms with E-state index in [1.54, 1.807) is 19.1 Å². The number of hydrogen-bond acceptors (Lipinski definition) is 3. The largest absolute Gasteiger partial charge is 0.350 e. The lowest BCUT2D eigenvalue weighted by molar-refractivity contribution is 0.0938. The highest BCUT2D eigenvalue weighted by Crippen LogP contribution is 2.24. The SMILES string of the molecule is CCC[C@@H](C)NC(=O)c1ccc(C)c(S(=O)(=O)N2CCCC2)c1. The molecule has 1 atom stereocenters. The van der Waals surface area contributed by atoms with Gasteiger partial charge < -0.3 is 5.32 Å². The Balaban J connectivity index is 2.27. The van der Waals surface area contributed by atoms with Crippen LogP contribution in [0.15, 0.2) is 23.1 Å². The summed E-state index contributed by atoms with van der Waals surface area (Å²) in [6.45, 7) is 6.91. The zero-order chi connectivity index (χ0) is 17.0. The average molecular weight is 338 g/mol. The number of nitrogens with one attached hydrogen (secondary N) is 1. The van der Waals surface area contributed by atoms with Gasteiger partial charge in [0.2, 0.25) is 10.0 Å². The predicted octanol–water partition coefficient (Wildman–Crippen LogP) is 2.70. The maximum absolute atomic E-state index is 12.7. The van der Waals surface area contributed by atoms with Gasteiger partial charge in [0.25, 0.3) is 5.91 Å². The zero-order valence-corrected chi connectivity index (χ0v) is 14.9. The van der Waals surface area contributed by atoms with E-state index in [-0.39, 0.29) is 16.8 Å². The van der Waals surface area contributed by atoms with Crippen molar-refractivity contribution >= 4 is 15.9 Å². The highest BCUT2D eigenvalue weighted by Gasteiger charge is 2.29. The van der Waals surface area contributed by atoms with Gasteiger partial charge in [-0.3, -0.25) is 4.79 Å². The van der Waals surface area contributed by atoms with Crippen LogP contribution in [-0.4, -0.2) is 37.8 Å². The van der Waals surface area contributed by atoms with Crippen molar-refractivity contribution in [3.05, 3.63) is 29.3 Å². The second kappa shape index (κ2) is 7.45. The molecule has 1 aromatic carbocycles. The predicted molar refractivity (Wildman–Crippen MR) is 91.0 cm³/mol. The van der Waals surface area contributed by atoms with E-state index < -0.39 is 10.0 Å². The van der Waals surface area contributed by atoms with Crippen molar-refractivity contribution in [3.63, 3.8) is 0 Å². The van der Waals surface area contributed by atoms with Crippen LogP contribution in [0.3, 0.4) is 0 Å². The Morgan fingerprint density at radius 3 is 2.57 bits per heavy atom. The number of hydrogen-bond donors (Lipinski definition) is 1. The van der Waals surface area contributed by atoms with Crippen molar-refractivity contribution < 1.29 is 13.2 Å². The minimum Gasteiger partial charge on any atom is -0.350 e. The van der Waals surface area contributed by atoms with Crippen LogP contribution in [0, 0.1) is 6.92 Å². The van der Waals surface area contributed by atoms with E-state index in [2.05, 4.69) is 12.2 Å². The first-order valence-corrected chi connectivity index (χ1v) is 9.72. The molecule has 23 heavy (non-hydrogen) atoms. The van der Waals surface area contributed by atoms with Gasteiger partial charge in [0.1, 0.15) is 0 Å². The van der Waals surface area contributed by atoms with Gasteiger partial charge in [0.05, 0.1) is 4.90 Å². The molecule has 0 saturated carbocycles. The second-order valence-corrected chi connectivity index (χ2v) is 8.16. The standard InChI is InChI=1S/C17H26N2O3S/c1-4-7-14(3)18-17(20)15-9-8-13(2)16(12-15)23(21,22)19-10-5-6-11-19/h8-9,12,14H,4-7,10-11H2,1-3H3,(H,18,20)/t14-/m1/s1. The van der Waals surface area contributed by atoms with E-state index in [1.165, 1.54) is 10.4 Å². The van der Waals surface area contributed by atoms with E-state index in [4.69, 9.17) is 0 Å². The lowest BCUT2D eigenvalue weighted by Crippen LogP contribution is -2.33. The van der Waals surface area contributed by atoms with Crippen LogP contribution >= 0.6 is 0 Å². The smallest absolute Gasteiger partial charge is 0.251 e. The highest BCUT2D eigenvalue weighted by molar-refractivity contribution is 7.89. The van der Waals surface area contributed by atoms with Crippen molar-refractivity contribution in [2.24, 2.45) is 0 Å². The van der Waals surface area contributed by atoms with Crippen LogP contribution < -0.4 is 5.32 Å². The van der Waals surface area contributed by atoms with E-state index in [9.17, 15) is 13.2 Å². The molecule has 128 valence electrons. The minimum atomic E-state index is -3.51. The Bertz CT molecular complexity index is 664. The first-order valence-electron chi connectivity index (χ1n) is 8.28. The summed E-state index contributed by atoms with van der Waals surface area (Å²) in [6.07, 6.45) is 3.68. The Labute approximate surface area is 139 Å². The Hall–Kier alpha value is -1.40. The molecule has 0 radical (unpaired) electrons. The quantitative estimate of drug-likeness (QED) is 0.867. The van der Waals surface area contributed by atoms with Crippen LogP contribution in [-0.2, 0) is 10.0 Å². The molecule has 2 rings (SSSR count). The van der Waals surface area contributed by atoms with Crippen LogP contribution in [0.5, 0.6) is 0 Å². The van der Waals surface area contributed by atoms with Crippen LogP contribution in [0.25, 0.3) is 0 Å². The maximum atomic E-state index is 12.7. The van der Waals surface area contributed by atoms with Crippen molar-refractivity contribution in [3.8, 4) is 0 Å². The molecule has 6 heteroatoms. The van der Waals surface area contributed by atoms with Crippen molar-refractivity contribution in [1.29, 1.82) is 0 Å². The fourth-order valence-electron chi connectivity index (χ4n) is 2.90. The van der Waals surface area contributed by atoms with E-state index >= 15 is 0 Å². The van der Waals surface area contributed by atoms with Gasteiger partial charge in [-0.1, -0.05) is 19.4 Å². The molecule has 0 aromatic heterocycles. The Morgan fingerprint density at radius 1 is 1.30 bits per heavy atom. The number of amides is 1. The monoisotopic (exact) mass is 338 g/mol. The second-order valence-electron chi connectivity index (χ2n) is 6.25. The molecule has 0 spiro atoms. The number of aryl methyl sites for hydroxylation is 1. The average Bonchev–Trinajstić information content (AvgIpc) is 3.02. The topological polar surface area (TPSA) is 66.5 Å². The van der Waals surface area contributed by atoms with Gasteiger partial charge in [-0.05, 0) is 50.8 Å². The first kappa shape index (κ1) is 17.9. The summed E-state index contributed by atoms with van der Waals surface area (Å²) >= 11 is 0. The summed E-state index contributed by atoms with van der Waals surface area (Å²) in [5, 5.41) is 2.92. The number of carbonyl (C=O) groups excluding carboxylic acids is 1. The number of benzene rings is 1. The van der Waals surface area contributed by atoms with E-state index in [0.717, 1.165) is 25.7 Å². The number of nitrogens with zero attached hydrogens (tertiary/aromatic N) is 1. The van der Waals surface area contributed by atoms with Gasteiger partial charge in [-0.25, -0.2) is 8.42 Å². The molecule has 1 aliphatic heterocycles. The summed E-state index contributed by atoms with van der Waals surface area (Å²) in [7, 11) is -3.51. The van der Waals surface area contributed by atoms with E-state index in [0.29, 0.717) is 24.2 Å². The molecule has 1 aromatic rings. The third-order valence-corrected chi connectivity index (χ3v) is 6.27. The highest BCUT2D eigenvalue weighted by atomic mass is 32.2. The van der Waals surface area contributed by atoms with Crippen molar-refractivity contribution in [1.82, 2.24) is 9.62 Å². The van der Waals surface area contributed by atoms with Gasteiger partial charge in [0, 0.05) is 24.7 Å². The Kier molecular flexibility index (Phi) is 5.81. The fraction of sp³-hybridized carbons (Fsp3) is 0.588.